The van der Waals surface area contributed by atoms with Crippen molar-refractivity contribution < 1.29 is 18.6 Å². The molecule has 5 atom stereocenters. The van der Waals surface area contributed by atoms with E-state index in [1.54, 1.807) is 11.0 Å². The molecule has 2 heterocycles. The topological polar surface area (TPSA) is 98.8 Å². The summed E-state index contributed by atoms with van der Waals surface area (Å²) in [5, 5.41) is 2.98. The lowest BCUT2D eigenvalue weighted by Gasteiger charge is -2.38. The van der Waals surface area contributed by atoms with Gasteiger partial charge in [-0.1, -0.05) is 26.3 Å². The summed E-state index contributed by atoms with van der Waals surface area (Å²) in [4.78, 5) is 44.2. The zero-order valence-corrected chi connectivity index (χ0v) is 21.4. The minimum absolute atomic E-state index is 0.0215. The van der Waals surface area contributed by atoms with E-state index in [1.807, 2.05) is 0 Å². The van der Waals surface area contributed by atoms with Gasteiger partial charge >= 0.3 is 0 Å². The quantitative estimate of drug-likeness (QED) is 0.454. The van der Waals surface area contributed by atoms with Gasteiger partial charge in [0.1, 0.15) is 22.6 Å². The van der Waals surface area contributed by atoms with Gasteiger partial charge in [0, 0.05) is 12.5 Å². The fraction of sp³-hybridized carbons (Fsp3) is 0.800. The molecule has 190 valence electrons. The number of nitrogens with one attached hydrogen (secondary N) is 2. The maximum atomic E-state index is 13.7. The third kappa shape index (κ3) is 5.40. The summed E-state index contributed by atoms with van der Waals surface area (Å²) in [6.45, 7) is 10.5. The van der Waals surface area contributed by atoms with Crippen molar-refractivity contribution in [3.8, 4) is 0 Å². The van der Waals surface area contributed by atoms with Crippen molar-refractivity contribution in [3.63, 3.8) is 0 Å². The molecule has 0 bridgehead atoms. The number of likely N-dealkylation sites (tertiary alicyclic amines) is 2. The van der Waals surface area contributed by atoms with Gasteiger partial charge in [0.05, 0.1) is 11.3 Å². The van der Waals surface area contributed by atoms with Crippen LogP contribution in [0.2, 0.25) is 0 Å². The van der Waals surface area contributed by atoms with Crippen molar-refractivity contribution in [3.05, 3.63) is 12.7 Å². The molecule has 0 aromatic carbocycles. The van der Waals surface area contributed by atoms with Crippen LogP contribution in [-0.4, -0.2) is 74.2 Å². The van der Waals surface area contributed by atoms with E-state index in [9.17, 15) is 18.6 Å². The Morgan fingerprint density at radius 3 is 2.38 bits per heavy atom. The molecule has 0 spiro atoms. The van der Waals surface area contributed by atoms with Crippen LogP contribution >= 0.6 is 0 Å². The Hall–Kier alpha value is -1.74. The first-order valence-electron chi connectivity index (χ1n) is 13.0. The monoisotopic (exact) mass is 492 g/mol. The van der Waals surface area contributed by atoms with E-state index < -0.39 is 28.5 Å². The minimum atomic E-state index is -1.42. The molecular weight excluding hydrogens is 452 g/mol. The summed E-state index contributed by atoms with van der Waals surface area (Å²) in [6, 6.07) is -0.773. The van der Waals surface area contributed by atoms with E-state index in [1.165, 1.54) is 6.42 Å². The molecular formula is C25H40N4O4S. The molecule has 0 radical (unpaired) electrons. The first-order chi connectivity index (χ1) is 16.3. The Morgan fingerprint density at radius 1 is 1.09 bits per heavy atom. The predicted molar refractivity (Wildman–Crippen MR) is 132 cm³/mol. The molecule has 8 nitrogen and oxygen atoms in total. The lowest BCUT2D eigenvalue weighted by molar-refractivity contribution is -0.144. The average molecular weight is 493 g/mol. The number of rotatable bonds is 10. The lowest BCUT2D eigenvalue weighted by Crippen LogP contribution is -2.58. The Kier molecular flexibility index (Phi) is 7.82. The highest BCUT2D eigenvalue weighted by atomic mass is 32.2. The van der Waals surface area contributed by atoms with Crippen molar-refractivity contribution in [2.75, 3.05) is 19.6 Å². The molecule has 2 N–H and O–H groups in total. The molecule has 2 saturated heterocycles. The summed E-state index contributed by atoms with van der Waals surface area (Å²) < 4.78 is 14.9. The summed E-state index contributed by atoms with van der Waals surface area (Å²) >= 11 is 0. The molecule has 2 saturated carbocycles. The Labute approximate surface area is 205 Å². The number of carbonyl (C=O) groups excluding carboxylic acids is 3. The van der Waals surface area contributed by atoms with Crippen LogP contribution in [0.3, 0.4) is 0 Å². The molecule has 2 aliphatic heterocycles. The average Bonchev–Trinajstić information content (AvgIpc) is 3.73. The summed E-state index contributed by atoms with van der Waals surface area (Å²) in [5.74, 6) is -0.467. The van der Waals surface area contributed by atoms with Crippen molar-refractivity contribution in [2.45, 2.75) is 94.5 Å². The fourth-order valence-electron chi connectivity index (χ4n) is 5.46. The highest BCUT2D eigenvalue weighted by molar-refractivity contribution is 7.84. The van der Waals surface area contributed by atoms with Gasteiger partial charge in [0.25, 0.3) is 5.91 Å². The molecule has 4 fully saturated rings. The highest BCUT2D eigenvalue weighted by Gasteiger charge is 2.61. The van der Waals surface area contributed by atoms with Gasteiger partial charge < -0.3 is 10.2 Å². The fourth-order valence-corrected chi connectivity index (χ4v) is 6.56. The minimum Gasteiger partial charge on any atom is -0.339 e. The van der Waals surface area contributed by atoms with Crippen LogP contribution in [-0.2, 0) is 25.4 Å². The summed E-state index contributed by atoms with van der Waals surface area (Å²) in [7, 11) is -1.42. The molecule has 4 rings (SSSR count). The van der Waals surface area contributed by atoms with Crippen LogP contribution in [0.15, 0.2) is 12.7 Å². The Balaban J connectivity index is 1.45. The number of piperidine rings is 1. The largest absolute Gasteiger partial charge is 0.339 e. The van der Waals surface area contributed by atoms with E-state index in [0.29, 0.717) is 25.3 Å². The van der Waals surface area contributed by atoms with Crippen molar-refractivity contribution in [1.82, 2.24) is 19.8 Å². The maximum Gasteiger partial charge on any atom is 0.258 e. The van der Waals surface area contributed by atoms with Gasteiger partial charge in [0.15, 0.2) is 0 Å². The number of hydrogen-bond acceptors (Lipinski definition) is 5. The second-order valence-corrected chi connectivity index (χ2v) is 12.3. The van der Waals surface area contributed by atoms with Crippen LogP contribution in [0.1, 0.15) is 71.6 Å². The van der Waals surface area contributed by atoms with Crippen LogP contribution in [0.25, 0.3) is 0 Å². The molecule has 34 heavy (non-hydrogen) atoms. The normalized spacial score (nSPS) is 31.1. The Morgan fingerprint density at radius 2 is 1.79 bits per heavy atom. The van der Waals surface area contributed by atoms with Gasteiger partial charge in [-0.05, 0) is 70.4 Å². The van der Waals surface area contributed by atoms with E-state index in [2.05, 4.69) is 35.4 Å². The van der Waals surface area contributed by atoms with Crippen molar-refractivity contribution in [2.24, 2.45) is 11.8 Å². The zero-order chi connectivity index (χ0) is 24.5. The van der Waals surface area contributed by atoms with Crippen molar-refractivity contribution in [1.29, 1.82) is 0 Å². The third-order valence-corrected chi connectivity index (χ3v) is 9.18. The van der Waals surface area contributed by atoms with Crippen molar-refractivity contribution >= 4 is 28.7 Å². The number of amides is 3. The van der Waals surface area contributed by atoms with E-state index in [-0.39, 0.29) is 29.0 Å². The number of carbonyl (C=O) groups is 3. The number of nitrogens with zero attached hydrogens (tertiary/aromatic N) is 2. The molecule has 4 aliphatic rings. The van der Waals surface area contributed by atoms with Gasteiger partial charge in [-0.15, -0.1) is 6.58 Å². The van der Waals surface area contributed by atoms with Gasteiger partial charge in [0.2, 0.25) is 11.8 Å². The highest BCUT2D eigenvalue weighted by Crippen LogP contribution is 2.45. The van der Waals surface area contributed by atoms with Crippen LogP contribution < -0.4 is 10.0 Å². The first-order valence-corrected chi connectivity index (χ1v) is 14.2. The lowest BCUT2D eigenvalue weighted by atomic mass is 9.98. The smallest absolute Gasteiger partial charge is 0.258 e. The zero-order valence-electron chi connectivity index (χ0n) is 20.6. The third-order valence-electron chi connectivity index (χ3n) is 7.72. The molecule has 0 aromatic rings. The molecule has 2 aliphatic carbocycles. The summed E-state index contributed by atoms with van der Waals surface area (Å²) in [6.07, 6.45) is 9.38. The second-order valence-electron chi connectivity index (χ2n) is 10.9. The summed E-state index contributed by atoms with van der Waals surface area (Å²) in [5.41, 5.74) is -1.11. The van der Waals surface area contributed by atoms with Gasteiger partial charge in [-0.2, -0.15) is 0 Å². The maximum absolute atomic E-state index is 13.7. The van der Waals surface area contributed by atoms with Gasteiger partial charge in [-0.3, -0.25) is 24.0 Å². The van der Waals surface area contributed by atoms with Crippen LogP contribution in [0.5, 0.6) is 0 Å². The predicted octanol–water partition coefficient (Wildman–Crippen LogP) is 1.88. The standard InChI is InChI=1S/C25H40N4O4S/c1-4-18-16-25(18,24(32)27-34(33)19-10-11-19)26-22(30)20-9-8-14-29(20)23(31)21(15-17(2)3)28-12-6-5-7-13-28/h4,17-21H,1,5-16H2,2-3H3,(H,26,30)(H,27,32)/t18?,20-,21-,25?,34?/m0/s1. The first kappa shape index (κ1) is 25.4. The molecule has 0 aromatic heterocycles. The molecule has 3 unspecified atom stereocenters. The second kappa shape index (κ2) is 10.5. The van der Waals surface area contributed by atoms with E-state index in [4.69, 9.17) is 0 Å². The van der Waals surface area contributed by atoms with Gasteiger partial charge in [-0.25, -0.2) is 4.21 Å². The van der Waals surface area contributed by atoms with E-state index in [0.717, 1.165) is 51.6 Å². The SMILES string of the molecule is C=CC1CC1(NC(=O)[C@@H]1CCCN1C(=O)[C@H](CC(C)C)N1CCCCC1)C(=O)NS(=O)C1CC1. The molecule has 3 amide bonds. The number of hydrogen-bond donors (Lipinski definition) is 2. The van der Waals surface area contributed by atoms with Crippen LogP contribution in [0, 0.1) is 11.8 Å². The Bertz CT molecular complexity index is 839. The van der Waals surface area contributed by atoms with Crippen LogP contribution in [0.4, 0.5) is 0 Å². The molecule has 9 heteroatoms. The van der Waals surface area contributed by atoms with E-state index >= 15 is 0 Å².